The minimum atomic E-state index is -0.659. The minimum absolute atomic E-state index is 0.0441. The number of nitrogens with one attached hydrogen (secondary N) is 1. The number of amides is 1. The van der Waals surface area contributed by atoms with E-state index in [-0.39, 0.29) is 17.2 Å². The fourth-order valence-electron chi connectivity index (χ4n) is 1.32. The van der Waals surface area contributed by atoms with Crippen LogP contribution in [0.25, 0.3) is 0 Å². The number of rotatable bonds is 2. The van der Waals surface area contributed by atoms with Crippen molar-refractivity contribution in [3.8, 4) is 11.8 Å². The Hall–Kier alpha value is -1.94. The molecule has 20 heavy (non-hydrogen) atoms. The SMILES string of the molecule is O=C(Nc1ncc(C#CCO)s1)c1ccc(Cl)c(F)c1. The van der Waals surface area contributed by atoms with Crippen molar-refractivity contribution in [2.75, 3.05) is 11.9 Å². The summed E-state index contributed by atoms with van der Waals surface area (Å²) >= 11 is 6.70. The Bertz CT molecular complexity index is 706. The topological polar surface area (TPSA) is 62.2 Å². The van der Waals surface area contributed by atoms with Gasteiger partial charge in [-0.2, -0.15) is 0 Å². The van der Waals surface area contributed by atoms with Crippen molar-refractivity contribution in [3.63, 3.8) is 0 Å². The molecule has 4 nitrogen and oxygen atoms in total. The van der Waals surface area contributed by atoms with E-state index in [1.54, 1.807) is 0 Å². The summed E-state index contributed by atoms with van der Waals surface area (Å²) in [4.78, 5) is 16.4. The predicted molar refractivity (Wildman–Crippen MR) is 75.4 cm³/mol. The molecule has 0 radical (unpaired) electrons. The van der Waals surface area contributed by atoms with Crippen molar-refractivity contribution in [3.05, 3.63) is 45.7 Å². The monoisotopic (exact) mass is 310 g/mol. The highest BCUT2D eigenvalue weighted by atomic mass is 35.5. The minimum Gasteiger partial charge on any atom is -0.384 e. The number of hydrogen-bond donors (Lipinski definition) is 2. The molecule has 1 aromatic carbocycles. The number of hydrogen-bond acceptors (Lipinski definition) is 4. The molecule has 0 atom stereocenters. The Labute approximate surface area is 123 Å². The molecule has 0 fully saturated rings. The van der Waals surface area contributed by atoms with E-state index in [2.05, 4.69) is 22.1 Å². The van der Waals surface area contributed by atoms with Gasteiger partial charge in [-0.3, -0.25) is 10.1 Å². The van der Waals surface area contributed by atoms with Gasteiger partial charge in [-0.25, -0.2) is 9.37 Å². The number of aliphatic hydroxyl groups excluding tert-OH is 1. The Morgan fingerprint density at radius 3 is 3.05 bits per heavy atom. The molecule has 2 N–H and O–H groups in total. The van der Waals surface area contributed by atoms with E-state index >= 15 is 0 Å². The van der Waals surface area contributed by atoms with Crippen LogP contribution < -0.4 is 5.32 Å². The summed E-state index contributed by atoms with van der Waals surface area (Å²) in [6.45, 7) is -0.246. The van der Waals surface area contributed by atoms with Gasteiger partial charge in [0.05, 0.1) is 16.1 Å². The third-order valence-electron chi connectivity index (χ3n) is 2.20. The number of anilines is 1. The molecular weight excluding hydrogens is 303 g/mol. The summed E-state index contributed by atoms with van der Waals surface area (Å²) < 4.78 is 13.3. The van der Waals surface area contributed by atoms with Gasteiger partial charge in [0.1, 0.15) is 12.4 Å². The molecule has 0 saturated carbocycles. The molecule has 7 heteroatoms. The van der Waals surface area contributed by atoms with Gasteiger partial charge in [0.15, 0.2) is 5.13 Å². The summed E-state index contributed by atoms with van der Waals surface area (Å²) in [7, 11) is 0. The molecule has 0 aliphatic heterocycles. The molecule has 0 saturated heterocycles. The van der Waals surface area contributed by atoms with E-state index in [1.807, 2.05) is 0 Å². The van der Waals surface area contributed by atoms with Crippen molar-refractivity contribution in [1.29, 1.82) is 0 Å². The van der Waals surface area contributed by atoms with Gasteiger partial charge >= 0.3 is 0 Å². The van der Waals surface area contributed by atoms with E-state index < -0.39 is 11.7 Å². The van der Waals surface area contributed by atoms with Gasteiger partial charge in [0, 0.05) is 5.56 Å². The lowest BCUT2D eigenvalue weighted by atomic mass is 10.2. The number of thiazole rings is 1. The van der Waals surface area contributed by atoms with Gasteiger partial charge in [-0.1, -0.05) is 34.8 Å². The van der Waals surface area contributed by atoms with Crippen LogP contribution >= 0.6 is 22.9 Å². The van der Waals surface area contributed by atoms with Gasteiger partial charge in [-0.05, 0) is 18.2 Å². The van der Waals surface area contributed by atoms with E-state index in [0.717, 1.165) is 17.4 Å². The third-order valence-corrected chi connectivity index (χ3v) is 3.33. The molecule has 0 aliphatic carbocycles. The van der Waals surface area contributed by atoms with E-state index in [1.165, 1.54) is 18.3 Å². The van der Waals surface area contributed by atoms with Crippen LogP contribution in [0.5, 0.6) is 0 Å². The predicted octanol–water partition coefficient (Wildman–Crippen LogP) is 2.53. The highest BCUT2D eigenvalue weighted by Crippen LogP contribution is 2.19. The lowest BCUT2D eigenvalue weighted by Crippen LogP contribution is -2.11. The molecule has 102 valence electrons. The van der Waals surface area contributed by atoms with Crippen LogP contribution in [0.3, 0.4) is 0 Å². The van der Waals surface area contributed by atoms with E-state index in [4.69, 9.17) is 16.7 Å². The summed E-state index contributed by atoms with van der Waals surface area (Å²) in [5.74, 6) is 4.00. The number of carbonyl (C=O) groups is 1. The van der Waals surface area contributed by atoms with E-state index in [0.29, 0.717) is 10.0 Å². The highest BCUT2D eigenvalue weighted by Gasteiger charge is 2.11. The normalized spacial score (nSPS) is 9.75. The smallest absolute Gasteiger partial charge is 0.257 e. The van der Waals surface area contributed by atoms with Crippen molar-refractivity contribution in [1.82, 2.24) is 4.98 Å². The first-order valence-electron chi connectivity index (χ1n) is 5.42. The third kappa shape index (κ3) is 3.54. The van der Waals surface area contributed by atoms with Crippen molar-refractivity contribution in [2.45, 2.75) is 0 Å². The Kier molecular flexibility index (Phi) is 4.69. The highest BCUT2D eigenvalue weighted by molar-refractivity contribution is 7.16. The lowest BCUT2D eigenvalue weighted by Gasteiger charge is -2.02. The van der Waals surface area contributed by atoms with Crippen LogP contribution in [0.15, 0.2) is 24.4 Å². The van der Waals surface area contributed by atoms with E-state index in [9.17, 15) is 9.18 Å². The molecule has 1 amide bonds. The summed E-state index contributed by atoms with van der Waals surface area (Å²) in [6.07, 6.45) is 1.48. The summed E-state index contributed by atoms with van der Waals surface area (Å²) in [5.41, 5.74) is 0.144. The molecule has 0 bridgehead atoms. The molecular formula is C13H8ClFN2O2S. The van der Waals surface area contributed by atoms with Crippen LogP contribution in [-0.4, -0.2) is 22.6 Å². The zero-order valence-corrected chi connectivity index (χ0v) is 11.6. The van der Waals surface area contributed by atoms with Crippen LogP contribution in [0.2, 0.25) is 5.02 Å². The molecule has 0 aliphatic rings. The maximum absolute atomic E-state index is 13.3. The molecule has 2 aromatic rings. The second-order valence-corrected chi connectivity index (χ2v) is 5.01. The summed E-state index contributed by atoms with van der Waals surface area (Å²) in [5, 5.41) is 11.4. The van der Waals surface area contributed by atoms with Gasteiger partial charge in [0.2, 0.25) is 0 Å². The molecule has 1 heterocycles. The van der Waals surface area contributed by atoms with Crippen LogP contribution in [-0.2, 0) is 0 Å². The molecule has 1 aromatic heterocycles. The Morgan fingerprint density at radius 1 is 1.55 bits per heavy atom. The largest absolute Gasteiger partial charge is 0.384 e. The first-order valence-corrected chi connectivity index (χ1v) is 6.61. The number of benzene rings is 1. The zero-order valence-electron chi connectivity index (χ0n) is 9.98. The Balaban J connectivity index is 2.11. The number of carbonyl (C=O) groups excluding carboxylic acids is 1. The van der Waals surface area contributed by atoms with Gasteiger partial charge in [-0.15, -0.1) is 0 Å². The van der Waals surface area contributed by atoms with Gasteiger partial charge in [0.25, 0.3) is 5.91 Å². The second-order valence-electron chi connectivity index (χ2n) is 3.57. The molecule has 0 unspecified atom stereocenters. The maximum Gasteiger partial charge on any atom is 0.257 e. The van der Waals surface area contributed by atoms with Gasteiger partial charge < -0.3 is 5.11 Å². The van der Waals surface area contributed by atoms with Crippen LogP contribution in [0, 0.1) is 17.7 Å². The Morgan fingerprint density at radius 2 is 2.35 bits per heavy atom. The molecule has 2 rings (SSSR count). The zero-order chi connectivity index (χ0) is 14.5. The number of nitrogens with zero attached hydrogens (tertiary/aromatic N) is 1. The molecule has 0 spiro atoms. The first kappa shape index (κ1) is 14.5. The fraction of sp³-hybridized carbons (Fsp3) is 0.0769. The number of halogens is 2. The standard InChI is InChI=1S/C13H8ClFN2O2S/c14-10-4-3-8(6-11(10)15)12(19)17-13-16-7-9(20-13)2-1-5-18/h3-4,6-7,18H,5H2,(H,16,17,19). The quantitative estimate of drug-likeness (QED) is 0.838. The van der Waals surface area contributed by atoms with Crippen LogP contribution in [0.4, 0.5) is 9.52 Å². The first-order chi connectivity index (χ1) is 9.60. The second kappa shape index (κ2) is 6.48. The average Bonchev–Trinajstić information content (AvgIpc) is 2.87. The number of aliphatic hydroxyl groups is 1. The van der Waals surface area contributed by atoms with Crippen molar-refractivity contribution < 1.29 is 14.3 Å². The van der Waals surface area contributed by atoms with Crippen molar-refractivity contribution in [2.24, 2.45) is 0 Å². The lowest BCUT2D eigenvalue weighted by molar-refractivity contribution is 0.102. The van der Waals surface area contributed by atoms with Crippen LogP contribution in [0.1, 0.15) is 15.2 Å². The summed E-state index contributed by atoms with van der Waals surface area (Å²) in [6, 6.07) is 3.78. The fourth-order valence-corrected chi connectivity index (χ4v) is 2.13. The number of aromatic nitrogens is 1. The van der Waals surface area contributed by atoms with Crippen molar-refractivity contribution >= 4 is 34.0 Å². The maximum atomic E-state index is 13.3. The average molecular weight is 311 g/mol.